The predicted octanol–water partition coefficient (Wildman–Crippen LogP) is 20.3. The van der Waals surface area contributed by atoms with Crippen LogP contribution in [0.25, 0.3) is 152 Å². The van der Waals surface area contributed by atoms with E-state index in [1.54, 1.807) is 6.08 Å². The second kappa shape index (κ2) is 20.0. The van der Waals surface area contributed by atoms with Gasteiger partial charge in [0.05, 0.1) is 27.8 Å². The Morgan fingerprint density at radius 2 is 0.901 bits per heavy atom. The predicted molar refractivity (Wildman–Crippen MR) is 344 cm³/mol. The quantitative estimate of drug-likeness (QED) is 0.142. The normalized spacial score (nSPS) is 11.8. The number of aromatic nitrogens is 6. The van der Waals surface area contributed by atoms with Gasteiger partial charge in [-0.05, 0) is 102 Å². The Morgan fingerprint density at radius 1 is 0.383 bits per heavy atom. The molecule has 0 unspecified atom stereocenters. The molecule has 0 fully saturated rings. The van der Waals surface area contributed by atoms with E-state index in [9.17, 15) is 0 Å². The Balaban J connectivity index is 0.00000108. The van der Waals surface area contributed by atoms with E-state index in [-0.39, 0.29) is 0 Å². The van der Waals surface area contributed by atoms with Crippen LogP contribution in [0.15, 0.2) is 268 Å². The Bertz CT molecular complexity index is 5090. The zero-order valence-corrected chi connectivity index (χ0v) is 45.7. The van der Waals surface area contributed by atoms with Gasteiger partial charge in [0.2, 0.25) is 0 Å². The SMILES string of the molecule is C=C/C=C\C.c1ccc(-c2nc(-c3ccccc3)nc(-c3ccc(-n4c5ccccc5c5c6sc7ccccc7c6ccc54)cc3-c3cc(-c4ccncc4)ccc3-n3c4ccccc4c4c5sc6ccccc6c5ccc43)n2)cc1. The topological polar surface area (TPSA) is 61.4 Å². The first-order chi connectivity index (χ1) is 40.1. The van der Waals surface area contributed by atoms with Gasteiger partial charge >= 0.3 is 0 Å². The second-order valence-corrected chi connectivity index (χ2v) is 22.2. The molecule has 0 radical (unpaired) electrons. The number of rotatable bonds is 8. The molecule has 0 aliphatic rings. The third-order valence-electron chi connectivity index (χ3n) is 15.4. The molecule has 0 bridgehead atoms. The smallest absolute Gasteiger partial charge is 0.164 e. The minimum Gasteiger partial charge on any atom is -0.309 e. The number of para-hydroxylation sites is 2. The van der Waals surface area contributed by atoms with Gasteiger partial charge in [-0.2, -0.15) is 0 Å². The molecule has 0 spiro atoms. The lowest BCUT2D eigenvalue weighted by molar-refractivity contribution is 1.07. The lowest BCUT2D eigenvalue weighted by Gasteiger charge is -2.20. The summed E-state index contributed by atoms with van der Waals surface area (Å²) >= 11 is 3.75. The minimum atomic E-state index is 0.581. The summed E-state index contributed by atoms with van der Waals surface area (Å²) in [6.07, 6.45) is 9.32. The van der Waals surface area contributed by atoms with Crippen molar-refractivity contribution in [2.75, 3.05) is 0 Å². The second-order valence-electron chi connectivity index (χ2n) is 20.1. The van der Waals surface area contributed by atoms with E-state index in [4.69, 9.17) is 15.0 Å². The van der Waals surface area contributed by atoms with E-state index < -0.39 is 0 Å². The minimum absolute atomic E-state index is 0.581. The number of fused-ring (bicyclic) bond motifs is 14. The van der Waals surface area contributed by atoms with Crippen molar-refractivity contribution in [2.24, 2.45) is 0 Å². The molecule has 8 heteroatoms. The number of benzene rings is 10. The molecular formula is C73H48N6S2. The van der Waals surface area contributed by atoms with Gasteiger partial charge in [-0.1, -0.05) is 176 Å². The van der Waals surface area contributed by atoms with Crippen LogP contribution in [0.3, 0.4) is 0 Å². The van der Waals surface area contributed by atoms with Crippen LogP contribution in [-0.4, -0.2) is 29.1 Å². The van der Waals surface area contributed by atoms with Gasteiger partial charge in [0.15, 0.2) is 17.5 Å². The molecule has 0 N–H and O–H groups in total. The zero-order valence-electron chi connectivity index (χ0n) is 44.0. The van der Waals surface area contributed by atoms with E-state index in [2.05, 4.69) is 215 Å². The highest BCUT2D eigenvalue weighted by molar-refractivity contribution is 7.27. The number of hydrogen-bond donors (Lipinski definition) is 0. The molecule has 81 heavy (non-hydrogen) atoms. The number of hydrogen-bond acceptors (Lipinski definition) is 6. The molecule has 6 nitrogen and oxygen atoms in total. The van der Waals surface area contributed by atoms with E-state index in [1.807, 2.05) is 90.5 Å². The van der Waals surface area contributed by atoms with Crippen molar-refractivity contribution in [3.05, 3.63) is 268 Å². The third-order valence-corrected chi connectivity index (χ3v) is 17.8. The van der Waals surface area contributed by atoms with Crippen LogP contribution in [-0.2, 0) is 0 Å². The van der Waals surface area contributed by atoms with Gasteiger partial charge in [-0.15, -0.1) is 22.7 Å². The fraction of sp³-hybridized carbons (Fsp3) is 0.0137. The first-order valence-electron chi connectivity index (χ1n) is 27.1. The molecular weight excluding hydrogens is 1020 g/mol. The average molecular weight is 1070 g/mol. The van der Waals surface area contributed by atoms with E-state index in [0.717, 1.165) is 72.4 Å². The molecule has 16 rings (SSSR count). The molecule has 0 aliphatic heterocycles. The maximum absolute atomic E-state index is 5.42. The summed E-state index contributed by atoms with van der Waals surface area (Å²) < 4.78 is 10.1. The Morgan fingerprint density at radius 3 is 1.47 bits per heavy atom. The Labute approximate surface area is 475 Å². The zero-order chi connectivity index (χ0) is 54.0. The first-order valence-corrected chi connectivity index (χ1v) is 28.7. The van der Waals surface area contributed by atoms with Crippen molar-refractivity contribution in [3.8, 4) is 67.8 Å². The summed E-state index contributed by atoms with van der Waals surface area (Å²) in [6, 6.07) is 83.0. The van der Waals surface area contributed by atoms with Gasteiger partial charge in [0, 0.05) is 102 Å². The van der Waals surface area contributed by atoms with Gasteiger partial charge in [0.25, 0.3) is 0 Å². The van der Waals surface area contributed by atoms with Crippen molar-refractivity contribution in [1.29, 1.82) is 0 Å². The van der Waals surface area contributed by atoms with Crippen LogP contribution >= 0.6 is 22.7 Å². The molecule has 10 aromatic carbocycles. The maximum atomic E-state index is 5.42. The summed E-state index contributed by atoms with van der Waals surface area (Å²) in [5.74, 6) is 1.79. The molecule has 0 amide bonds. The lowest BCUT2D eigenvalue weighted by atomic mass is 9.93. The summed E-state index contributed by atoms with van der Waals surface area (Å²) in [5.41, 5.74) is 13.5. The van der Waals surface area contributed by atoms with Gasteiger partial charge in [-0.25, -0.2) is 15.0 Å². The molecule has 0 atom stereocenters. The lowest BCUT2D eigenvalue weighted by Crippen LogP contribution is -2.04. The van der Waals surface area contributed by atoms with Crippen molar-refractivity contribution >= 4 is 107 Å². The molecule has 0 saturated heterocycles. The highest BCUT2D eigenvalue weighted by Crippen LogP contribution is 2.48. The average Bonchev–Trinajstić information content (AvgIpc) is 4.49. The van der Waals surface area contributed by atoms with Gasteiger partial charge in [-0.3, -0.25) is 4.98 Å². The molecule has 16 aromatic rings. The molecule has 6 heterocycles. The van der Waals surface area contributed by atoms with Crippen molar-refractivity contribution in [2.45, 2.75) is 6.92 Å². The Kier molecular flexibility index (Phi) is 11.8. The van der Waals surface area contributed by atoms with Crippen LogP contribution in [0.5, 0.6) is 0 Å². The fourth-order valence-corrected chi connectivity index (χ4v) is 14.4. The van der Waals surface area contributed by atoms with Crippen molar-refractivity contribution in [3.63, 3.8) is 0 Å². The summed E-state index contributed by atoms with van der Waals surface area (Å²) in [4.78, 5) is 20.4. The van der Waals surface area contributed by atoms with E-state index in [1.165, 1.54) is 61.9 Å². The van der Waals surface area contributed by atoms with Crippen LogP contribution < -0.4 is 0 Å². The number of thiophene rings is 2. The highest BCUT2D eigenvalue weighted by atomic mass is 32.1. The molecule has 0 saturated carbocycles. The number of allylic oxidation sites excluding steroid dienone is 3. The van der Waals surface area contributed by atoms with Crippen molar-refractivity contribution in [1.82, 2.24) is 29.1 Å². The van der Waals surface area contributed by atoms with Gasteiger partial charge < -0.3 is 9.13 Å². The standard InChI is InChI=1S/C68H40N6S2.C5H8/c1-3-15-42(16-4-1)66-70-67(43-17-5-2-6-18-43)72-68(71-66)50-29-28-45(73-55-23-11-7-21-51(55)62-58(73)33-30-48-46-19-9-13-25-60(46)75-64(48)62)40-53(50)54-39-44(41-35-37-69-38-36-41)27-32-57(54)74-56-24-12-8-22-52(56)63-59(74)34-31-49-47-20-10-14-26-61(47)76-65(49)63;1-3-5-4-2/h1-40H;3-5H,1H2,2H3/b;5-4-. The molecule has 0 aliphatic carbocycles. The van der Waals surface area contributed by atoms with Crippen LogP contribution in [0, 0.1) is 0 Å². The molecule has 6 aromatic heterocycles. The third kappa shape index (κ3) is 8.06. The highest BCUT2D eigenvalue weighted by Gasteiger charge is 2.25. The number of pyridine rings is 1. The largest absolute Gasteiger partial charge is 0.309 e. The fourth-order valence-electron chi connectivity index (χ4n) is 11.8. The summed E-state index contributed by atoms with van der Waals surface area (Å²) in [5, 5.41) is 10.1. The first kappa shape index (κ1) is 48.0. The number of nitrogens with zero attached hydrogens (tertiary/aromatic N) is 6. The van der Waals surface area contributed by atoms with Crippen LogP contribution in [0.1, 0.15) is 6.92 Å². The van der Waals surface area contributed by atoms with Crippen LogP contribution in [0.4, 0.5) is 0 Å². The van der Waals surface area contributed by atoms with Crippen molar-refractivity contribution < 1.29 is 0 Å². The summed E-state index contributed by atoms with van der Waals surface area (Å²) in [6.45, 7) is 5.42. The molecule has 382 valence electrons. The summed E-state index contributed by atoms with van der Waals surface area (Å²) in [7, 11) is 0. The van der Waals surface area contributed by atoms with E-state index >= 15 is 0 Å². The van der Waals surface area contributed by atoms with E-state index in [0.29, 0.717) is 17.5 Å². The monoisotopic (exact) mass is 1070 g/mol. The van der Waals surface area contributed by atoms with Gasteiger partial charge in [0.1, 0.15) is 0 Å². The van der Waals surface area contributed by atoms with Crippen LogP contribution in [0.2, 0.25) is 0 Å². The maximum Gasteiger partial charge on any atom is 0.164 e. The Hall–Kier alpha value is -10.1.